The Labute approximate surface area is 97.5 Å². The van der Waals surface area contributed by atoms with Gasteiger partial charge in [0.1, 0.15) is 0 Å². The minimum atomic E-state index is 0.500. The lowest BCUT2D eigenvalue weighted by molar-refractivity contribution is 0.556. The van der Waals surface area contributed by atoms with Crippen molar-refractivity contribution >= 4 is 5.69 Å². The largest absolute Gasteiger partial charge is 0.370 e. The molecule has 0 saturated heterocycles. The Morgan fingerprint density at radius 2 is 2.12 bits per heavy atom. The summed E-state index contributed by atoms with van der Waals surface area (Å²) in [6.45, 7) is 3.66. The second-order valence-corrected chi connectivity index (χ2v) is 4.77. The lowest BCUT2D eigenvalue weighted by atomic mass is 9.95. The molecule has 0 bridgehead atoms. The highest BCUT2D eigenvalue weighted by Crippen LogP contribution is 2.50. The van der Waals surface area contributed by atoms with Gasteiger partial charge in [0, 0.05) is 37.5 Å². The lowest BCUT2D eigenvalue weighted by Gasteiger charge is -2.25. The maximum atomic E-state index is 3.66. The van der Waals surface area contributed by atoms with Gasteiger partial charge in [-0.05, 0) is 24.5 Å². The van der Waals surface area contributed by atoms with E-state index in [-0.39, 0.29) is 0 Å². The van der Waals surface area contributed by atoms with Crippen molar-refractivity contribution < 1.29 is 0 Å². The van der Waals surface area contributed by atoms with E-state index in [1.807, 2.05) is 0 Å². The number of fused-ring (bicyclic) bond motifs is 3. The summed E-state index contributed by atoms with van der Waals surface area (Å²) in [7, 11) is 2.20. The van der Waals surface area contributed by atoms with E-state index in [1.54, 1.807) is 0 Å². The summed E-state index contributed by atoms with van der Waals surface area (Å²) in [6.07, 6.45) is 2.49. The summed E-state index contributed by atoms with van der Waals surface area (Å²) in [6, 6.07) is 9.35. The summed E-state index contributed by atoms with van der Waals surface area (Å²) in [5.74, 6) is 7.31. The fourth-order valence-corrected chi connectivity index (χ4v) is 3.43. The Kier molecular flexibility index (Phi) is 2.17. The molecule has 3 atom stereocenters. The molecule has 1 saturated carbocycles. The summed E-state index contributed by atoms with van der Waals surface area (Å²) in [5.41, 5.74) is 2.91. The third-order valence-electron chi connectivity index (χ3n) is 4.06. The summed E-state index contributed by atoms with van der Waals surface area (Å²) in [4.78, 5) is 2.42. The van der Waals surface area contributed by atoms with Crippen LogP contribution in [0.3, 0.4) is 0 Å². The molecule has 81 valence electrons. The van der Waals surface area contributed by atoms with E-state index in [1.165, 1.54) is 24.1 Å². The molecule has 1 aromatic carbocycles. The van der Waals surface area contributed by atoms with Crippen molar-refractivity contribution in [2.24, 2.45) is 5.92 Å². The number of benzene rings is 1. The zero-order valence-corrected chi connectivity index (χ0v) is 9.61. The zero-order valence-electron chi connectivity index (χ0n) is 9.61. The minimum absolute atomic E-state index is 0.500. The molecule has 1 fully saturated rings. The Morgan fingerprint density at radius 3 is 2.94 bits per heavy atom. The molecule has 0 amide bonds. The Bertz CT molecular complexity index is 466. The highest BCUT2D eigenvalue weighted by molar-refractivity contribution is 5.62. The Balaban J connectivity index is 2.03. The third kappa shape index (κ3) is 1.19. The molecule has 1 aromatic rings. The van der Waals surface area contributed by atoms with Gasteiger partial charge in [-0.3, -0.25) is 0 Å². The van der Waals surface area contributed by atoms with Crippen LogP contribution in [0.4, 0.5) is 5.69 Å². The number of anilines is 1. The molecule has 3 unspecified atom stereocenters. The SMILES string of the molecule is [CH2]C#CC1CCC2c3ccccc3N(C)C12. The minimum Gasteiger partial charge on any atom is -0.370 e. The third-order valence-corrected chi connectivity index (χ3v) is 4.06. The van der Waals surface area contributed by atoms with Gasteiger partial charge in [-0.1, -0.05) is 24.1 Å². The summed E-state index contributed by atoms with van der Waals surface area (Å²) >= 11 is 0. The molecule has 1 aliphatic heterocycles. The summed E-state index contributed by atoms with van der Waals surface area (Å²) < 4.78 is 0. The fraction of sp³-hybridized carbons (Fsp3) is 0.400. The predicted molar refractivity (Wildman–Crippen MR) is 67.2 cm³/mol. The van der Waals surface area contributed by atoms with Crippen LogP contribution in [0.15, 0.2) is 24.3 Å². The lowest BCUT2D eigenvalue weighted by Crippen LogP contribution is -2.32. The van der Waals surface area contributed by atoms with Crippen LogP contribution in [0.2, 0.25) is 0 Å². The number of hydrogen-bond acceptors (Lipinski definition) is 1. The van der Waals surface area contributed by atoms with E-state index in [9.17, 15) is 0 Å². The van der Waals surface area contributed by atoms with E-state index in [0.717, 1.165) is 0 Å². The van der Waals surface area contributed by atoms with E-state index in [2.05, 4.69) is 55.0 Å². The van der Waals surface area contributed by atoms with Crippen molar-refractivity contribution in [3.63, 3.8) is 0 Å². The number of para-hydroxylation sites is 1. The van der Waals surface area contributed by atoms with Gasteiger partial charge < -0.3 is 4.90 Å². The second-order valence-electron chi connectivity index (χ2n) is 4.77. The first-order chi connectivity index (χ1) is 7.83. The van der Waals surface area contributed by atoms with Crippen LogP contribution in [-0.4, -0.2) is 13.1 Å². The number of rotatable bonds is 0. The molecule has 1 nitrogen and oxygen atoms in total. The Hall–Kier alpha value is -1.42. The molecular weight excluding hydrogens is 194 g/mol. The molecule has 2 aliphatic rings. The van der Waals surface area contributed by atoms with Crippen molar-refractivity contribution in [1.29, 1.82) is 0 Å². The maximum Gasteiger partial charge on any atom is 0.0493 e. The number of nitrogens with zero attached hydrogens (tertiary/aromatic N) is 1. The van der Waals surface area contributed by atoms with Crippen LogP contribution in [-0.2, 0) is 0 Å². The second kappa shape index (κ2) is 3.56. The monoisotopic (exact) mass is 210 g/mol. The maximum absolute atomic E-state index is 3.66. The molecule has 1 heteroatoms. The quantitative estimate of drug-likeness (QED) is 0.595. The van der Waals surface area contributed by atoms with Crippen LogP contribution in [0.25, 0.3) is 0 Å². The van der Waals surface area contributed by atoms with Crippen LogP contribution < -0.4 is 4.90 Å². The smallest absolute Gasteiger partial charge is 0.0493 e. The number of likely N-dealkylation sites (N-methyl/N-ethyl adjacent to an activating group) is 1. The standard InChI is InChI=1S/C15H16N/c1-3-6-11-9-10-13-12-7-4-5-8-14(12)16(2)15(11)13/h4-5,7-8,11,13,15H,1,9-10H2,2H3. The average Bonchev–Trinajstić information content (AvgIpc) is 2.83. The highest BCUT2D eigenvalue weighted by Gasteiger charge is 2.44. The predicted octanol–water partition coefficient (Wildman–Crippen LogP) is 2.84. The van der Waals surface area contributed by atoms with Crippen molar-refractivity contribution in [2.75, 3.05) is 11.9 Å². The highest BCUT2D eigenvalue weighted by atomic mass is 15.2. The first-order valence-corrected chi connectivity index (χ1v) is 5.92. The zero-order chi connectivity index (χ0) is 11.1. The van der Waals surface area contributed by atoms with Gasteiger partial charge in [0.15, 0.2) is 0 Å². The van der Waals surface area contributed by atoms with Crippen molar-refractivity contribution in [3.8, 4) is 11.8 Å². The van der Waals surface area contributed by atoms with E-state index in [0.29, 0.717) is 17.9 Å². The average molecular weight is 210 g/mol. The Morgan fingerprint density at radius 1 is 1.31 bits per heavy atom. The summed E-state index contributed by atoms with van der Waals surface area (Å²) in [5, 5.41) is 0. The van der Waals surface area contributed by atoms with Crippen molar-refractivity contribution in [1.82, 2.24) is 0 Å². The van der Waals surface area contributed by atoms with E-state index in [4.69, 9.17) is 0 Å². The van der Waals surface area contributed by atoms with E-state index >= 15 is 0 Å². The fourth-order valence-electron chi connectivity index (χ4n) is 3.43. The molecule has 1 radical (unpaired) electrons. The van der Waals surface area contributed by atoms with Crippen LogP contribution in [0.1, 0.15) is 24.3 Å². The molecule has 3 rings (SSSR count). The van der Waals surface area contributed by atoms with Gasteiger partial charge in [-0.15, -0.1) is 5.92 Å². The van der Waals surface area contributed by atoms with Crippen molar-refractivity contribution in [3.05, 3.63) is 36.8 Å². The molecular formula is C15H16N. The molecule has 1 heterocycles. The van der Waals surface area contributed by atoms with Crippen LogP contribution >= 0.6 is 0 Å². The molecule has 0 aromatic heterocycles. The topological polar surface area (TPSA) is 3.24 Å². The normalized spacial score (nSPS) is 30.6. The molecule has 16 heavy (non-hydrogen) atoms. The van der Waals surface area contributed by atoms with Gasteiger partial charge >= 0.3 is 0 Å². The first-order valence-electron chi connectivity index (χ1n) is 5.92. The number of hydrogen-bond donors (Lipinski definition) is 0. The van der Waals surface area contributed by atoms with Gasteiger partial charge in [-0.2, -0.15) is 0 Å². The molecule has 1 aliphatic carbocycles. The first kappa shape index (κ1) is 9.78. The van der Waals surface area contributed by atoms with Gasteiger partial charge in [0.05, 0.1) is 0 Å². The molecule has 0 N–H and O–H groups in total. The van der Waals surface area contributed by atoms with Crippen LogP contribution in [0.5, 0.6) is 0 Å². The van der Waals surface area contributed by atoms with Gasteiger partial charge in [0.2, 0.25) is 0 Å². The van der Waals surface area contributed by atoms with Crippen LogP contribution in [0, 0.1) is 24.7 Å². The van der Waals surface area contributed by atoms with Crippen molar-refractivity contribution in [2.45, 2.75) is 24.8 Å². The van der Waals surface area contributed by atoms with Gasteiger partial charge in [0.25, 0.3) is 0 Å². The van der Waals surface area contributed by atoms with Gasteiger partial charge in [-0.25, -0.2) is 0 Å². The van der Waals surface area contributed by atoms with E-state index < -0.39 is 0 Å². The molecule has 0 spiro atoms.